The van der Waals surface area contributed by atoms with E-state index in [1.807, 2.05) is 0 Å². The molecule has 1 N–H and O–H groups in total. The summed E-state index contributed by atoms with van der Waals surface area (Å²) in [6.07, 6.45) is 0. The van der Waals surface area contributed by atoms with Gasteiger partial charge in [0, 0.05) is 10.0 Å². The first-order valence-corrected chi connectivity index (χ1v) is 8.67. The minimum atomic E-state index is -4.07. The highest BCUT2D eigenvalue weighted by molar-refractivity contribution is 7.92. The summed E-state index contributed by atoms with van der Waals surface area (Å²) in [5, 5.41) is 9.79. The molecule has 2 aromatic carbocycles. The summed E-state index contributed by atoms with van der Waals surface area (Å²) in [5.41, 5.74) is 0.808. The summed E-state index contributed by atoms with van der Waals surface area (Å²) < 4.78 is 26.5. The lowest BCUT2D eigenvalue weighted by Gasteiger charge is -2.24. The first-order valence-electron chi connectivity index (χ1n) is 6.48. The van der Waals surface area contributed by atoms with Crippen molar-refractivity contribution in [2.75, 3.05) is 10.8 Å². The van der Waals surface area contributed by atoms with Crippen molar-refractivity contribution in [3.8, 4) is 0 Å². The van der Waals surface area contributed by atoms with Gasteiger partial charge >= 0.3 is 5.97 Å². The average Bonchev–Trinajstić information content (AvgIpc) is 2.47. The van der Waals surface area contributed by atoms with Crippen LogP contribution < -0.4 is 4.31 Å². The van der Waals surface area contributed by atoms with Gasteiger partial charge in [-0.25, -0.2) is 8.42 Å². The van der Waals surface area contributed by atoms with Crippen LogP contribution in [0.15, 0.2) is 47.4 Å². The molecule has 23 heavy (non-hydrogen) atoms. The Morgan fingerprint density at radius 2 is 1.65 bits per heavy atom. The van der Waals surface area contributed by atoms with Gasteiger partial charge in [0.25, 0.3) is 10.0 Å². The van der Waals surface area contributed by atoms with Crippen LogP contribution in [0.2, 0.25) is 10.0 Å². The van der Waals surface area contributed by atoms with Gasteiger partial charge in [-0.05, 0) is 48.9 Å². The lowest BCUT2D eigenvalue weighted by atomic mass is 10.2. The summed E-state index contributed by atoms with van der Waals surface area (Å²) >= 11 is 11.7. The van der Waals surface area contributed by atoms with Gasteiger partial charge < -0.3 is 5.11 Å². The van der Waals surface area contributed by atoms with E-state index in [0.29, 0.717) is 15.6 Å². The molecule has 0 aliphatic rings. The normalized spacial score (nSPS) is 11.3. The number of halogens is 2. The lowest BCUT2D eigenvalue weighted by molar-refractivity contribution is -0.135. The second kappa shape index (κ2) is 6.78. The number of aliphatic carboxylic acids is 1. The topological polar surface area (TPSA) is 74.7 Å². The van der Waals surface area contributed by atoms with Crippen LogP contribution >= 0.6 is 23.2 Å². The second-order valence-electron chi connectivity index (χ2n) is 4.79. The number of anilines is 1. The molecule has 0 saturated carbocycles. The van der Waals surface area contributed by atoms with Gasteiger partial charge in [0.1, 0.15) is 6.54 Å². The molecule has 0 heterocycles. The Kier molecular flexibility index (Phi) is 5.19. The standard InChI is InChI=1S/C15H13Cl2NO4S/c1-10-2-3-12(17)8-14(10)18(9-15(19)20)23(21,22)13-6-4-11(16)5-7-13/h2-8H,9H2,1H3,(H,19,20). The fourth-order valence-corrected chi connectivity index (χ4v) is 3.77. The fourth-order valence-electron chi connectivity index (χ4n) is 2.01. The molecule has 2 rings (SSSR count). The number of nitrogens with zero attached hydrogens (tertiary/aromatic N) is 1. The number of rotatable bonds is 5. The molecule has 0 aliphatic heterocycles. The van der Waals surface area contributed by atoms with Crippen LogP contribution in [0.4, 0.5) is 5.69 Å². The Morgan fingerprint density at radius 3 is 2.22 bits per heavy atom. The summed E-state index contributed by atoms with van der Waals surface area (Å²) in [6, 6.07) is 10.2. The number of benzene rings is 2. The minimum Gasteiger partial charge on any atom is -0.480 e. The molecule has 0 aliphatic carbocycles. The van der Waals surface area contributed by atoms with Crippen LogP contribution in [-0.4, -0.2) is 26.0 Å². The first kappa shape index (κ1) is 17.6. The number of carbonyl (C=O) groups is 1. The smallest absolute Gasteiger partial charge is 0.324 e. The number of aryl methyl sites for hydroxylation is 1. The van der Waals surface area contributed by atoms with E-state index >= 15 is 0 Å². The van der Waals surface area contributed by atoms with Gasteiger partial charge in [-0.2, -0.15) is 0 Å². The monoisotopic (exact) mass is 373 g/mol. The Hall–Kier alpha value is -1.76. The predicted molar refractivity (Wildman–Crippen MR) is 89.8 cm³/mol. The molecular formula is C15H13Cl2NO4S. The second-order valence-corrected chi connectivity index (χ2v) is 7.53. The van der Waals surface area contributed by atoms with Crippen LogP contribution in [0.25, 0.3) is 0 Å². The number of sulfonamides is 1. The number of carboxylic acid groups (broad SMARTS) is 1. The van der Waals surface area contributed by atoms with E-state index < -0.39 is 22.5 Å². The summed E-state index contributed by atoms with van der Waals surface area (Å²) in [6.45, 7) is 0.962. The van der Waals surface area contributed by atoms with E-state index in [0.717, 1.165) is 4.31 Å². The minimum absolute atomic E-state index is 0.0532. The zero-order valence-electron chi connectivity index (χ0n) is 12.0. The van der Waals surface area contributed by atoms with E-state index in [1.54, 1.807) is 19.1 Å². The maximum Gasteiger partial charge on any atom is 0.324 e. The maximum absolute atomic E-state index is 12.8. The summed E-state index contributed by atoms with van der Waals surface area (Å²) in [7, 11) is -4.07. The van der Waals surface area contributed by atoms with Gasteiger partial charge in [-0.15, -0.1) is 0 Å². The van der Waals surface area contributed by atoms with E-state index in [4.69, 9.17) is 28.3 Å². The Bertz CT molecular complexity index is 835. The Labute approximate surface area is 144 Å². The highest BCUT2D eigenvalue weighted by atomic mass is 35.5. The van der Waals surface area contributed by atoms with E-state index in [1.165, 1.54) is 30.3 Å². The molecule has 0 atom stereocenters. The van der Waals surface area contributed by atoms with Crippen LogP contribution in [0, 0.1) is 6.92 Å². The molecule has 0 radical (unpaired) electrons. The Morgan fingerprint density at radius 1 is 1.09 bits per heavy atom. The van der Waals surface area contributed by atoms with Crippen LogP contribution in [0.3, 0.4) is 0 Å². The van der Waals surface area contributed by atoms with Crippen molar-refractivity contribution in [3.05, 3.63) is 58.1 Å². The number of hydrogen-bond donors (Lipinski definition) is 1. The molecule has 0 aromatic heterocycles. The summed E-state index contributed by atoms with van der Waals surface area (Å²) in [4.78, 5) is 11.1. The highest BCUT2D eigenvalue weighted by Crippen LogP contribution is 2.29. The van der Waals surface area contributed by atoms with Crippen molar-refractivity contribution in [1.82, 2.24) is 0 Å². The molecular weight excluding hydrogens is 361 g/mol. The van der Waals surface area contributed by atoms with Crippen molar-refractivity contribution in [3.63, 3.8) is 0 Å². The maximum atomic E-state index is 12.8. The number of carboxylic acids is 1. The molecule has 0 bridgehead atoms. The molecule has 8 heteroatoms. The van der Waals surface area contributed by atoms with Crippen molar-refractivity contribution in [2.45, 2.75) is 11.8 Å². The van der Waals surface area contributed by atoms with Gasteiger partial charge in [-0.3, -0.25) is 9.10 Å². The SMILES string of the molecule is Cc1ccc(Cl)cc1N(CC(=O)O)S(=O)(=O)c1ccc(Cl)cc1. The van der Waals surface area contributed by atoms with Crippen LogP contribution in [-0.2, 0) is 14.8 Å². The molecule has 0 spiro atoms. The van der Waals surface area contributed by atoms with Gasteiger partial charge in [0.15, 0.2) is 0 Å². The molecule has 0 fully saturated rings. The predicted octanol–water partition coefficient (Wildman–Crippen LogP) is 3.58. The third kappa shape index (κ3) is 3.96. The zero-order valence-corrected chi connectivity index (χ0v) is 14.4. The molecule has 2 aromatic rings. The third-order valence-electron chi connectivity index (χ3n) is 3.12. The van der Waals surface area contributed by atoms with Gasteiger partial charge in [-0.1, -0.05) is 29.3 Å². The van der Waals surface area contributed by atoms with Crippen molar-refractivity contribution in [2.24, 2.45) is 0 Å². The molecule has 5 nitrogen and oxygen atoms in total. The van der Waals surface area contributed by atoms with Gasteiger partial charge in [0.05, 0.1) is 10.6 Å². The van der Waals surface area contributed by atoms with Crippen molar-refractivity contribution >= 4 is 44.9 Å². The molecule has 0 saturated heterocycles. The van der Waals surface area contributed by atoms with E-state index in [9.17, 15) is 13.2 Å². The van der Waals surface area contributed by atoms with Crippen LogP contribution in [0.5, 0.6) is 0 Å². The third-order valence-corrected chi connectivity index (χ3v) is 5.38. The molecule has 0 unspecified atom stereocenters. The van der Waals surface area contributed by atoms with Crippen LogP contribution in [0.1, 0.15) is 5.56 Å². The van der Waals surface area contributed by atoms with E-state index in [2.05, 4.69) is 0 Å². The summed E-state index contributed by atoms with van der Waals surface area (Å²) in [5.74, 6) is -1.28. The van der Waals surface area contributed by atoms with Crippen molar-refractivity contribution in [1.29, 1.82) is 0 Å². The first-order chi connectivity index (χ1) is 10.7. The van der Waals surface area contributed by atoms with E-state index in [-0.39, 0.29) is 10.6 Å². The number of hydrogen-bond acceptors (Lipinski definition) is 3. The van der Waals surface area contributed by atoms with Crippen molar-refractivity contribution < 1.29 is 18.3 Å². The zero-order chi connectivity index (χ0) is 17.2. The average molecular weight is 374 g/mol. The quantitative estimate of drug-likeness (QED) is 0.868. The Balaban J connectivity index is 2.60. The van der Waals surface area contributed by atoms with Gasteiger partial charge in [0.2, 0.25) is 0 Å². The largest absolute Gasteiger partial charge is 0.480 e. The molecule has 122 valence electrons. The highest BCUT2D eigenvalue weighted by Gasteiger charge is 2.28. The fraction of sp³-hybridized carbons (Fsp3) is 0.133. The molecule has 0 amide bonds. The lowest BCUT2D eigenvalue weighted by Crippen LogP contribution is -2.36.